The van der Waals surface area contributed by atoms with E-state index in [0.717, 1.165) is 126 Å². The van der Waals surface area contributed by atoms with Gasteiger partial charge in [0, 0.05) is 146 Å². The number of aromatic nitrogens is 4. The number of rotatable bonds is 32. The third-order valence-corrected chi connectivity index (χ3v) is 15.6. The van der Waals surface area contributed by atoms with Gasteiger partial charge >= 0.3 is 11.9 Å². The second-order valence-corrected chi connectivity index (χ2v) is 20.8. The molecular weight excluding hydrogens is 1060 g/mol. The van der Waals surface area contributed by atoms with Crippen molar-refractivity contribution in [3.8, 4) is 23.0 Å². The van der Waals surface area contributed by atoms with E-state index in [9.17, 15) is 9.59 Å². The maximum absolute atomic E-state index is 13.6. The summed E-state index contributed by atoms with van der Waals surface area (Å²) < 4.78 is 38.0. The molecule has 0 saturated heterocycles. The number of esters is 2. The summed E-state index contributed by atoms with van der Waals surface area (Å²) in [6, 6.07) is 24.6. The molecule has 8 rings (SSSR count). The Hall–Kier alpha value is -7.62. The summed E-state index contributed by atoms with van der Waals surface area (Å²) in [5.41, 5.74) is 5.51. The van der Waals surface area contributed by atoms with Gasteiger partial charge in [0.15, 0.2) is 11.4 Å². The Bertz CT molecular complexity index is 2940. The van der Waals surface area contributed by atoms with Gasteiger partial charge in [0.2, 0.25) is 11.2 Å². The molecule has 0 aliphatic carbocycles. The van der Waals surface area contributed by atoms with Crippen molar-refractivity contribution in [3.63, 3.8) is 0 Å². The molecule has 0 atom stereocenters. The lowest BCUT2D eigenvalue weighted by Crippen LogP contribution is -2.33. The second kappa shape index (κ2) is 30.8. The van der Waals surface area contributed by atoms with Gasteiger partial charge in [0.25, 0.3) is 0 Å². The SMILES string of the molecule is CCCCN(CCCC)c1ccc(C2(c3ccc(N(CCCC)CCCC)cc3OCC)OC(=O)c3nccnc32)c(OCC)c1.CCOc1cc(N(CC)CC)ccc1C1(c2ccc(N(CC)CC)cc2OCC)OC(=O)c2nccnc21. The molecule has 0 amide bonds. The second-order valence-electron chi connectivity index (χ2n) is 20.8. The number of fused-ring (bicyclic) bond motifs is 2. The van der Waals surface area contributed by atoms with Crippen molar-refractivity contribution in [2.24, 2.45) is 0 Å². The molecule has 0 fully saturated rings. The topological polar surface area (TPSA) is 154 Å². The molecule has 0 bridgehead atoms. The lowest BCUT2D eigenvalue weighted by Gasteiger charge is -2.34. The fourth-order valence-electron chi connectivity index (χ4n) is 11.4. The van der Waals surface area contributed by atoms with E-state index in [2.05, 4.69) is 114 Å². The minimum Gasteiger partial charge on any atom is -0.493 e. The van der Waals surface area contributed by atoms with Crippen molar-refractivity contribution in [3.05, 3.63) is 143 Å². The first-order valence-corrected chi connectivity index (χ1v) is 31.2. The average molecular weight is 1150 g/mol. The fourth-order valence-corrected chi connectivity index (χ4v) is 11.4. The summed E-state index contributed by atoms with van der Waals surface area (Å²) in [6.45, 7) is 34.3. The summed E-state index contributed by atoms with van der Waals surface area (Å²) >= 11 is 0. The molecule has 0 N–H and O–H groups in total. The van der Waals surface area contributed by atoms with Crippen LogP contribution >= 0.6 is 0 Å². The van der Waals surface area contributed by atoms with E-state index >= 15 is 0 Å². The van der Waals surface area contributed by atoms with Gasteiger partial charge in [0.05, 0.1) is 26.4 Å². The highest BCUT2D eigenvalue weighted by Gasteiger charge is 2.56. The van der Waals surface area contributed by atoms with Gasteiger partial charge in [-0.3, -0.25) is 9.97 Å². The minimum absolute atomic E-state index is 0.193. The van der Waals surface area contributed by atoms with E-state index in [4.69, 9.17) is 33.4 Å². The van der Waals surface area contributed by atoms with Crippen LogP contribution in [0.4, 0.5) is 22.7 Å². The number of anilines is 4. The lowest BCUT2D eigenvalue weighted by molar-refractivity contribution is 0.0215. The number of benzene rings is 4. The molecule has 84 heavy (non-hydrogen) atoms. The molecule has 0 unspecified atom stereocenters. The van der Waals surface area contributed by atoms with Gasteiger partial charge in [0.1, 0.15) is 34.4 Å². The van der Waals surface area contributed by atoms with Crippen molar-refractivity contribution in [2.45, 2.75) is 146 Å². The van der Waals surface area contributed by atoms with Crippen LogP contribution in [0.1, 0.15) is 189 Å². The largest absolute Gasteiger partial charge is 0.493 e. The van der Waals surface area contributed by atoms with E-state index in [1.54, 1.807) is 12.4 Å². The quantitative estimate of drug-likeness (QED) is 0.0368. The third-order valence-electron chi connectivity index (χ3n) is 15.6. The highest BCUT2D eigenvalue weighted by atomic mass is 16.6. The molecule has 2 aromatic heterocycles. The Morgan fingerprint density at radius 1 is 0.369 bits per heavy atom. The molecule has 0 saturated carbocycles. The summed E-state index contributed by atoms with van der Waals surface area (Å²) in [7, 11) is 0. The molecule has 6 aromatic rings. The normalized spacial score (nSPS) is 13.4. The zero-order chi connectivity index (χ0) is 60.2. The third kappa shape index (κ3) is 13.5. The van der Waals surface area contributed by atoms with Crippen molar-refractivity contribution < 1.29 is 38.0 Å². The van der Waals surface area contributed by atoms with Crippen molar-refractivity contribution >= 4 is 34.7 Å². The zero-order valence-corrected chi connectivity index (χ0v) is 52.2. The highest BCUT2D eigenvalue weighted by Crippen LogP contribution is 2.54. The first-order chi connectivity index (χ1) is 41.0. The van der Waals surface area contributed by atoms with Gasteiger partial charge in [-0.2, -0.15) is 0 Å². The van der Waals surface area contributed by atoms with Crippen molar-refractivity contribution in [1.82, 2.24) is 19.9 Å². The summed E-state index contributed by atoms with van der Waals surface area (Å²) in [5, 5.41) is 0. The summed E-state index contributed by atoms with van der Waals surface area (Å²) in [6.07, 6.45) is 15.2. The van der Waals surface area contributed by atoms with Crippen LogP contribution in [0.2, 0.25) is 0 Å². The van der Waals surface area contributed by atoms with E-state index < -0.39 is 23.1 Å². The molecule has 2 aliphatic rings. The maximum Gasteiger partial charge on any atom is 0.360 e. The highest BCUT2D eigenvalue weighted by molar-refractivity contribution is 5.95. The van der Waals surface area contributed by atoms with E-state index in [1.165, 1.54) is 12.4 Å². The van der Waals surface area contributed by atoms with Crippen LogP contribution in [-0.4, -0.2) is 111 Å². The van der Waals surface area contributed by atoms with Crippen LogP contribution in [0.15, 0.2) is 97.6 Å². The van der Waals surface area contributed by atoms with Gasteiger partial charge in [-0.1, -0.05) is 53.4 Å². The number of hydrogen-bond donors (Lipinski definition) is 0. The van der Waals surface area contributed by atoms with E-state index in [-0.39, 0.29) is 11.4 Å². The number of ether oxygens (including phenoxy) is 6. The van der Waals surface area contributed by atoms with Crippen LogP contribution < -0.4 is 38.5 Å². The molecular formula is C68H92N8O8. The van der Waals surface area contributed by atoms with Crippen molar-refractivity contribution in [1.29, 1.82) is 0 Å². The maximum atomic E-state index is 13.6. The average Bonchev–Trinajstić information content (AvgIpc) is 1.80. The molecule has 0 radical (unpaired) electrons. The standard InChI is InChI=1S/C38H54N4O4.C30H38N4O4/c1-7-13-23-41(24-14-8-2)29-17-19-31(33(27-29)44-11-5)38(36-35(37(43)46-38)39-21-22-40-36)32-20-18-30(28-34(32)45-12-6)42(25-15-9-3)26-16-10-4;1-7-33(8-2)21-13-15-23(25(19-21)36-11-5)30(28-27(29(35)38-30)31-17-18-32-28)24-16-14-22(34(9-3)10-4)20-26(24)37-12-6/h17-22,27-28H,7-16,23-26H2,1-6H3;13-20H,7-12H2,1-6H3. The smallest absolute Gasteiger partial charge is 0.360 e. The number of carbonyl (C=O) groups excluding carboxylic acids is 2. The number of nitrogens with zero attached hydrogens (tertiary/aromatic N) is 8. The van der Waals surface area contributed by atoms with E-state index in [0.29, 0.717) is 83.1 Å². The Morgan fingerprint density at radius 3 is 0.881 bits per heavy atom. The summed E-state index contributed by atoms with van der Waals surface area (Å²) in [5.74, 6) is 1.52. The molecule has 4 aromatic carbocycles. The predicted octanol–water partition coefficient (Wildman–Crippen LogP) is 14.0. The van der Waals surface area contributed by atoms with Gasteiger partial charge in [-0.25, -0.2) is 19.6 Å². The molecule has 16 heteroatoms. The zero-order valence-electron chi connectivity index (χ0n) is 52.2. The number of carbonyl (C=O) groups is 2. The summed E-state index contributed by atoms with van der Waals surface area (Å²) in [4.78, 5) is 54.4. The monoisotopic (exact) mass is 1150 g/mol. The fraction of sp³-hybridized carbons (Fsp3) is 0.500. The Balaban J connectivity index is 0.000000245. The molecule has 452 valence electrons. The van der Waals surface area contributed by atoms with Gasteiger partial charge in [-0.15, -0.1) is 0 Å². The molecule has 4 heterocycles. The van der Waals surface area contributed by atoms with Crippen LogP contribution in [0.3, 0.4) is 0 Å². The first-order valence-electron chi connectivity index (χ1n) is 31.2. The van der Waals surface area contributed by atoms with Crippen LogP contribution in [0.25, 0.3) is 0 Å². The van der Waals surface area contributed by atoms with Crippen LogP contribution in [0.5, 0.6) is 23.0 Å². The van der Waals surface area contributed by atoms with Gasteiger partial charge < -0.3 is 48.0 Å². The van der Waals surface area contributed by atoms with Crippen molar-refractivity contribution in [2.75, 3.05) is 98.4 Å². The Morgan fingerprint density at radius 2 is 0.631 bits per heavy atom. The van der Waals surface area contributed by atoms with Crippen LogP contribution in [0, 0.1) is 0 Å². The number of cyclic esters (lactones) is 2. The molecule has 16 nitrogen and oxygen atoms in total. The predicted molar refractivity (Wildman–Crippen MR) is 336 cm³/mol. The lowest BCUT2D eigenvalue weighted by atomic mass is 9.82. The van der Waals surface area contributed by atoms with E-state index in [1.807, 2.05) is 76.2 Å². The minimum atomic E-state index is -1.40. The first kappa shape index (κ1) is 64.0. The van der Waals surface area contributed by atoms with Crippen LogP contribution in [-0.2, 0) is 20.7 Å². The molecule has 0 spiro atoms. The number of unbranched alkanes of at least 4 members (excludes halogenated alkanes) is 4. The van der Waals surface area contributed by atoms with Gasteiger partial charge in [-0.05, 0) is 130 Å². The Kier molecular flexibility index (Phi) is 23.4. The number of hydrogen-bond acceptors (Lipinski definition) is 16. The molecule has 2 aliphatic heterocycles. The Labute approximate surface area is 500 Å².